The number of halogens is 1. The van der Waals surface area contributed by atoms with Crippen LogP contribution < -0.4 is 10.6 Å². The first-order chi connectivity index (χ1) is 11.0. The SMILES string of the molecule is CCCCCCCC(C)CN=C(NCC)NC1CCS(=O)(=O)C1.I. The Balaban J connectivity index is 0.00000529. The van der Waals surface area contributed by atoms with E-state index in [0.29, 0.717) is 12.3 Å². The highest BCUT2D eigenvalue weighted by Gasteiger charge is 2.28. The van der Waals surface area contributed by atoms with E-state index in [0.717, 1.165) is 19.0 Å². The van der Waals surface area contributed by atoms with Crippen LogP contribution in [-0.4, -0.2) is 45.0 Å². The van der Waals surface area contributed by atoms with Crippen LogP contribution in [-0.2, 0) is 9.84 Å². The quantitative estimate of drug-likeness (QED) is 0.221. The van der Waals surface area contributed by atoms with Gasteiger partial charge in [0, 0.05) is 19.1 Å². The standard InChI is InChI=1S/C17H35N3O2S.HI/c1-4-6-7-8-9-10-15(3)13-19-17(18-5-2)20-16-11-12-23(21,22)14-16;/h15-16H,4-14H2,1-3H3,(H2,18,19,20);1H. The number of unbranched alkanes of at least 4 members (excludes halogenated alkanes) is 4. The smallest absolute Gasteiger partial charge is 0.191 e. The van der Waals surface area contributed by atoms with Crippen LogP contribution in [0.3, 0.4) is 0 Å². The number of guanidine groups is 1. The largest absolute Gasteiger partial charge is 0.357 e. The van der Waals surface area contributed by atoms with Gasteiger partial charge in [0.1, 0.15) is 0 Å². The van der Waals surface area contributed by atoms with Crippen molar-refractivity contribution in [3.8, 4) is 0 Å². The summed E-state index contributed by atoms with van der Waals surface area (Å²) in [6.07, 6.45) is 8.46. The summed E-state index contributed by atoms with van der Waals surface area (Å²) in [5, 5.41) is 6.49. The molecule has 144 valence electrons. The molecule has 0 aliphatic carbocycles. The van der Waals surface area contributed by atoms with Gasteiger partial charge in [0.25, 0.3) is 0 Å². The maximum Gasteiger partial charge on any atom is 0.191 e. The van der Waals surface area contributed by atoms with Crippen molar-refractivity contribution >= 4 is 39.8 Å². The van der Waals surface area contributed by atoms with Crippen molar-refractivity contribution in [2.24, 2.45) is 10.9 Å². The van der Waals surface area contributed by atoms with E-state index in [-0.39, 0.29) is 41.5 Å². The highest BCUT2D eigenvalue weighted by molar-refractivity contribution is 14.0. The Labute approximate surface area is 165 Å². The van der Waals surface area contributed by atoms with Crippen molar-refractivity contribution < 1.29 is 8.42 Å². The van der Waals surface area contributed by atoms with Crippen LogP contribution in [0.5, 0.6) is 0 Å². The van der Waals surface area contributed by atoms with Crippen molar-refractivity contribution in [3.05, 3.63) is 0 Å². The zero-order valence-electron chi connectivity index (χ0n) is 15.5. The zero-order chi connectivity index (χ0) is 17.1. The summed E-state index contributed by atoms with van der Waals surface area (Å²) in [5.41, 5.74) is 0. The molecule has 0 bridgehead atoms. The minimum Gasteiger partial charge on any atom is -0.357 e. The number of aliphatic imine (C=N–C) groups is 1. The van der Waals surface area contributed by atoms with Crippen LogP contribution in [0, 0.1) is 5.92 Å². The fourth-order valence-corrected chi connectivity index (χ4v) is 4.53. The second-order valence-electron chi connectivity index (χ2n) is 6.77. The first-order valence-electron chi connectivity index (χ1n) is 9.22. The Morgan fingerprint density at radius 1 is 1.21 bits per heavy atom. The van der Waals surface area contributed by atoms with Gasteiger partial charge in [0.05, 0.1) is 11.5 Å². The summed E-state index contributed by atoms with van der Waals surface area (Å²) in [6.45, 7) is 8.09. The maximum atomic E-state index is 11.5. The molecule has 1 heterocycles. The molecule has 0 radical (unpaired) electrons. The molecule has 2 unspecified atom stereocenters. The van der Waals surface area contributed by atoms with Crippen molar-refractivity contribution in [1.82, 2.24) is 10.6 Å². The molecule has 2 atom stereocenters. The third kappa shape index (κ3) is 10.7. The number of sulfone groups is 1. The summed E-state index contributed by atoms with van der Waals surface area (Å²) in [7, 11) is -2.85. The Bertz CT molecular complexity index is 455. The van der Waals surface area contributed by atoms with Crippen LogP contribution in [0.4, 0.5) is 0 Å². The molecular formula is C17H36IN3O2S. The van der Waals surface area contributed by atoms with E-state index in [1.807, 2.05) is 6.92 Å². The fourth-order valence-electron chi connectivity index (χ4n) is 2.86. The predicted octanol–water partition coefficient (Wildman–Crippen LogP) is 3.34. The average Bonchev–Trinajstić information content (AvgIpc) is 2.84. The van der Waals surface area contributed by atoms with Gasteiger partial charge >= 0.3 is 0 Å². The summed E-state index contributed by atoms with van der Waals surface area (Å²) in [5.74, 6) is 1.84. The Kier molecular flexibility index (Phi) is 13.2. The number of hydrogen-bond donors (Lipinski definition) is 2. The van der Waals surface area contributed by atoms with Crippen LogP contribution >= 0.6 is 24.0 Å². The molecule has 0 aromatic rings. The van der Waals surface area contributed by atoms with Crippen molar-refractivity contribution in [2.75, 3.05) is 24.6 Å². The van der Waals surface area contributed by atoms with E-state index in [9.17, 15) is 8.42 Å². The second-order valence-corrected chi connectivity index (χ2v) is 9.00. The molecule has 7 heteroatoms. The predicted molar refractivity (Wildman–Crippen MR) is 114 cm³/mol. The van der Waals surface area contributed by atoms with Crippen molar-refractivity contribution in [2.45, 2.75) is 71.8 Å². The van der Waals surface area contributed by atoms with Crippen LogP contribution in [0.15, 0.2) is 4.99 Å². The van der Waals surface area contributed by atoms with Gasteiger partial charge in [-0.1, -0.05) is 46.0 Å². The van der Waals surface area contributed by atoms with Gasteiger partial charge < -0.3 is 10.6 Å². The van der Waals surface area contributed by atoms with Gasteiger partial charge in [-0.05, 0) is 25.7 Å². The van der Waals surface area contributed by atoms with Gasteiger partial charge in [-0.15, -0.1) is 24.0 Å². The summed E-state index contributed by atoms with van der Waals surface area (Å²) in [6, 6.07) is 0.00199. The first-order valence-corrected chi connectivity index (χ1v) is 11.0. The van der Waals surface area contributed by atoms with E-state index in [1.165, 1.54) is 38.5 Å². The average molecular weight is 473 g/mol. The lowest BCUT2D eigenvalue weighted by Crippen LogP contribution is -2.44. The molecule has 0 amide bonds. The molecule has 2 N–H and O–H groups in total. The highest BCUT2D eigenvalue weighted by atomic mass is 127. The molecule has 0 spiro atoms. The molecule has 1 aliphatic rings. The van der Waals surface area contributed by atoms with Crippen LogP contribution in [0.2, 0.25) is 0 Å². The molecular weight excluding hydrogens is 437 g/mol. The van der Waals surface area contributed by atoms with Gasteiger partial charge in [-0.3, -0.25) is 4.99 Å². The lowest BCUT2D eigenvalue weighted by atomic mass is 10.0. The van der Waals surface area contributed by atoms with Gasteiger partial charge in [-0.2, -0.15) is 0 Å². The topological polar surface area (TPSA) is 70.6 Å². The Hall–Kier alpha value is -0.0500. The summed E-state index contributed by atoms with van der Waals surface area (Å²) in [4.78, 5) is 4.64. The number of nitrogens with one attached hydrogen (secondary N) is 2. The Morgan fingerprint density at radius 3 is 2.50 bits per heavy atom. The molecule has 1 saturated heterocycles. The monoisotopic (exact) mass is 473 g/mol. The first kappa shape index (κ1) is 23.9. The molecule has 0 aromatic heterocycles. The molecule has 5 nitrogen and oxygen atoms in total. The minimum absolute atomic E-state index is 0. The third-order valence-corrected chi connectivity index (χ3v) is 6.05. The number of hydrogen-bond acceptors (Lipinski definition) is 3. The molecule has 1 rings (SSSR count). The fraction of sp³-hybridized carbons (Fsp3) is 0.941. The zero-order valence-corrected chi connectivity index (χ0v) is 18.7. The maximum absolute atomic E-state index is 11.5. The van der Waals surface area contributed by atoms with E-state index in [1.54, 1.807) is 0 Å². The van der Waals surface area contributed by atoms with Gasteiger partial charge in [0.15, 0.2) is 15.8 Å². The van der Waals surface area contributed by atoms with E-state index in [2.05, 4.69) is 29.5 Å². The summed E-state index contributed by atoms with van der Waals surface area (Å²) < 4.78 is 23.1. The Morgan fingerprint density at radius 2 is 1.92 bits per heavy atom. The van der Waals surface area contributed by atoms with Gasteiger partial charge in [-0.25, -0.2) is 8.42 Å². The molecule has 0 saturated carbocycles. The molecule has 24 heavy (non-hydrogen) atoms. The number of rotatable bonds is 10. The second kappa shape index (κ2) is 13.2. The third-order valence-electron chi connectivity index (χ3n) is 4.28. The molecule has 1 fully saturated rings. The van der Waals surface area contributed by atoms with E-state index >= 15 is 0 Å². The van der Waals surface area contributed by atoms with E-state index < -0.39 is 9.84 Å². The number of nitrogens with zero attached hydrogens (tertiary/aromatic N) is 1. The van der Waals surface area contributed by atoms with Crippen LogP contribution in [0.1, 0.15) is 65.7 Å². The van der Waals surface area contributed by atoms with Gasteiger partial charge in [0.2, 0.25) is 0 Å². The molecule has 1 aliphatic heterocycles. The highest BCUT2D eigenvalue weighted by Crippen LogP contribution is 2.13. The van der Waals surface area contributed by atoms with Crippen molar-refractivity contribution in [1.29, 1.82) is 0 Å². The van der Waals surface area contributed by atoms with Crippen molar-refractivity contribution in [3.63, 3.8) is 0 Å². The lowest BCUT2D eigenvalue weighted by molar-refractivity contribution is 0.492. The van der Waals surface area contributed by atoms with E-state index in [4.69, 9.17) is 0 Å². The minimum atomic E-state index is -2.85. The normalized spacial score (nSPS) is 21.1. The summed E-state index contributed by atoms with van der Waals surface area (Å²) >= 11 is 0. The lowest BCUT2D eigenvalue weighted by Gasteiger charge is -2.17. The van der Waals surface area contributed by atoms with Crippen LogP contribution in [0.25, 0.3) is 0 Å². The molecule has 0 aromatic carbocycles.